The molecule has 0 saturated heterocycles. The summed E-state index contributed by atoms with van der Waals surface area (Å²) in [6, 6.07) is 3.73. The van der Waals surface area contributed by atoms with Gasteiger partial charge in [0.2, 0.25) is 0 Å². The van der Waals surface area contributed by atoms with Gasteiger partial charge >= 0.3 is 0 Å². The minimum Gasteiger partial charge on any atom is -0.387 e. The Labute approximate surface area is 92.9 Å². The fourth-order valence-corrected chi connectivity index (χ4v) is 1.90. The van der Waals surface area contributed by atoms with Crippen LogP contribution < -0.4 is 5.73 Å². The molecule has 0 aliphatic carbocycles. The quantitative estimate of drug-likeness (QED) is 0.732. The zero-order chi connectivity index (χ0) is 11.0. The van der Waals surface area contributed by atoms with E-state index in [-0.39, 0.29) is 6.54 Å². The SMILES string of the molecule is Cc1c(Cl)ccc2c(C(O)CN)c[nH]c12. The highest BCUT2D eigenvalue weighted by Crippen LogP contribution is 2.29. The molecule has 2 rings (SSSR count). The number of hydrogen-bond donors (Lipinski definition) is 3. The van der Waals surface area contributed by atoms with E-state index in [1.807, 2.05) is 19.1 Å². The second-order valence-corrected chi connectivity index (χ2v) is 4.00. The first-order chi connectivity index (χ1) is 7.15. The number of aromatic amines is 1. The Kier molecular flexibility index (Phi) is 2.69. The number of H-pyrrole nitrogens is 1. The van der Waals surface area contributed by atoms with E-state index in [1.165, 1.54) is 0 Å². The van der Waals surface area contributed by atoms with Gasteiger partial charge in [0.1, 0.15) is 0 Å². The van der Waals surface area contributed by atoms with Crippen LogP contribution in [0.3, 0.4) is 0 Å². The van der Waals surface area contributed by atoms with Crippen LogP contribution in [-0.4, -0.2) is 16.6 Å². The predicted molar refractivity (Wildman–Crippen MR) is 62.1 cm³/mol. The molecule has 0 bridgehead atoms. The molecule has 0 fully saturated rings. The van der Waals surface area contributed by atoms with Crippen molar-refractivity contribution in [3.05, 3.63) is 34.5 Å². The van der Waals surface area contributed by atoms with Gasteiger partial charge in [-0.1, -0.05) is 17.7 Å². The Morgan fingerprint density at radius 2 is 2.27 bits per heavy atom. The Hall–Kier alpha value is -1.03. The van der Waals surface area contributed by atoms with Gasteiger partial charge in [-0.05, 0) is 18.6 Å². The van der Waals surface area contributed by atoms with E-state index in [9.17, 15) is 5.11 Å². The van der Waals surface area contributed by atoms with E-state index in [1.54, 1.807) is 6.20 Å². The summed E-state index contributed by atoms with van der Waals surface area (Å²) in [6.45, 7) is 2.16. The van der Waals surface area contributed by atoms with E-state index in [4.69, 9.17) is 17.3 Å². The van der Waals surface area contributed by atoms with E-state index in [0.29, 0.717) is 0 Å². The van der Waals surface area contributed by atoms with Crippen molar-refractivity contribution in [3.8, 4) is 0 Å². The van der Waals surface area contributed by atoms with Gasteiger partial charge in [0, 0.05) is 28.7 Å². The van der Waals surface area contributed by atoms with Crippen LogP contribution in [0.25, 0.3) is 10.9 Å². The number of fused-ring (bicyclic) bond motifs is 1. The van der Waals surface area contributed by atoms with Gasteiger partial charge in [0.05, 0.1) is 11.6 Å². The lowest BCUT2D eigenvalue weighted by Crippen LogP contribution is -2.10. The van der Waals surface area contributed by atoms with Crippen molar-refractivity contribution in [1.82, 2.24) is 4.98 Å². The van der Waals surface area contributed by atoms with Crippen LogP contribution in [0.15, 0.2) is 18.3 Å². The second kappa shape index (κ2) is 3.85. The Morgan fingerprint density at radius 1 is 1.53 bits per heavy atom. The van der Waals surface area contributed by atoms with Gasteiger partial charge in [-0.25, -0.2) is 0 Å². The zero-order valence-electron chi connectivity index (χ0n) is 8.42. The van der Waals surface area contributed by atoms with Crippen molar-refractivity contribution in [2.75, 3.05) is 6.54 Å². The summed E-state index contributed by atoms with van der Waals surface area (Å²) in [6.07, 6.45) is 1.16. The van der Waals surface area contributed by atoms with Crippen LogP contribution in [0.1, 0.15) is 17.2 Å². The summed E-state index contributed by atoms with van der Waals surface area (Å²) in [5, 5.41) is 11.4. The van der Waals surface area contributed by atoms with Crippen molar-refractivity contribution in [1.29, 1.82) is 0 Å². The molecule has 0 saturated carbocycles. The third-order valence-corrected chi connectivity index (χ3v) is 3.07. The minimum absolute atomic E-state index is 0.217. The van der Waals surface area contributed by atoms with Crippen LogP contribution in [-0.2, 0) is 0 Å². The van der Waals surface area contributed by atoms with E-state index >= 15 is 0 Å². The van der Waals surface area contributed by atoms with E-state index in [2.05, 4.69) is 4.98 Å². The summed E-state index contributed by atoms with van der Waals surface area (Å²) in [5.74, 6) is 0. The number of hydrogen-bond acceptors (Lipinski definition) is 2. The van der Waals surface area contributed by atoms with Gasteiger partial charge in [0.15, 0.2) is 0 Å². The molecule has 1 unspecified atom stereocenters. The van der Waals surface area contributed by atoms with Crippen molar-refractivity contribution in [2.24, 2.45) is 5.73 Å². The normalized spacial score (nSPS) is 13.3. The first kappa shape index (κ1) is 10.5. The molecule has 0 spiro atoms. The maximum Gasteiger partial charge on any atom is 0.0932 e. The topological polar surface area (TPSA) is 62.0 Å². The number of benzene rings is 1. The first-order valence-electron chi connectivity index (χ1n) is 4.79. The molecule has 0 radical (unpaired) electrons. The fraction of sp³-hybridized carbons (Fsp3) is 0.273. The van der Waals surface area contributed by atoms with Crippen molar-refractivity contribution < 1.29 is 5.11 Å². The van der Waals surface area contributed by atoms with Crippen LogP contribution in [0.4, 0.5) is 0 Å². The van der Waals surface area contributed by atoms with Crippen molar-refractivity contribution >= 4 is 22.5 Å². The molecule has 0 aliphatic rings. The Balaban J connectivity index is 2.67. The molecule has 0 amide bonds. The molecular formula is C11H13ClN2O. The van der Waals surface area contributed by atoms with Gasteiger partial charge < -0.3 is 15.8 Å². The highest BCUT2D eigenvalue weighted by Gasteiger charge is 2.13. The fourth-order valence-electron chi connectivity index (χ4n) is 1.74. The predicted octanol–water partition coefficient (Wildman–Crippen LogP) is 2.12. The number of nitrogens with one attached hydrogen (secondary N) is 1. The molecule has 4 heteroatoms. The Morgan fingerprint density at radius 3 is 2.93 bits per heavy atom. The van der Waals surface area contributed by atoms with Crippen LogP contribution in [0, 0.1) is 6.92 Å². The first-order valence-corrected chi connectivity index (χ1v) is 5.17. The molecule has 1 heterocycles. The molecule has 4 N–H and O–H groups in total. The summed E-state index contributed by atoms with van der Waals surface area (Å²) in [7, 11) is 0. The lowest BCUT2D eigenvalue weighted by atomic mass is 10.1. The summed E-state index contributed by atoms with van der Waals surface area (Å²) < 4.78 is 0. The maximum absolute atomic E-state index is 9.70. The molecule has 0 aliphatic heterocycles. The van der Waals surface area contributed by atoms with E-state index < -0.39 is 6.10 Å². The summed E-state index contributed by atoms with van der Waals surface area (Å²) in [4.78, 5) is 3.11. The second-order valence-electron chi connectivity index (χ2n) is 3.59. The van der Waals surface area contributed by atoms with Crippen molar-refractivity contribution in [3.63, 3.8) is 0 Å². The number of aliphatic hydroxyl groups is 1. The molecule has 80 valence electrons. The van der Waals surface area contributed by atoms with Gasteiger partial charge in [-0.15, -0.1) is 0 Å². The van der Waals surface area contributed by atoms with Gasteiger partial charge in [-0.3, -0.25) is 0 Å². The van der Waals surface area contributed by atoms with Crippen LogP contribution in [0.2, 0.25) is 5.02 Å². The monoisotopic (exact) mass is 224 g/mol. The molecule has 2 aromatic rings. The minimum atomic E-state index is -0.626. The lowest BCUT2D eigenvalue weighted by Gasteiger charge is -2.06. The highest BCUT2D eigenvalue weighted by molar-refractivity contribution is 6.32. The zero-order valence-corrected chi connectivity index (χ0v) is 9.17. The average Bonchev–Trinajstić information content (AvgIpc) is 2.66. The molecule has 1 aromatic heterocycles. The molecular weight excluding hydrogens is 212 g/mol. The standard InChI is InChI=1S/C11H13ClN2O/c1-6-9(12)3-2-7-8(10(15)4-13)5-14-11(6)7/h2-3,5,10,14-15H,4,13H2,1H3. The third kappa shape index (κ3) is 1.63. The lowest BCUT2D eigenvalue weighted by molar-refractivity contribution is 0.188. The largest absolute Gasteiger partial charge is 0.387 e. The average molecular weight is 225 g/mol. The Bertz CT molecular complexity index is 493. The van der Waals surface area contributed by atoms with Crippen molar-refractivity contribution in [2.45, 2.75) is 13.0 Å². The maximum atomic E-state index is 9.70. The van der Waals surface area contributed by atoms with Gasteiger partial charge in [-0.2, -0.15) is 0 Å². The number of aryl methyl sites for hydroxylation is 1. The number of rotatable bonds is 2. The van der Waals surface area contributed by atoms with Crippen LogP contribution >= 0.6 is 11.6 Å². The molecule has 3 nitrogen and oxygen atoms in total. The number of halogens is 1. The molecule has 15 heavy (non-hydrogen) atoms. The van der Waals surface area contributed by atoms with Crippen LogP contribution in [0.5, 0.6) is 0 Å². The number of aromatic nitrogens is 1. The number of aliphatic hydroxyl groups excluding tert-OH is 1. The number of nitrogens with two attached hydrogens (primary N) is 1. The van der Waals surface area contributed by atoms with Gasteiger partial charge in [0.25, 0.3) is 0 Å². The smallest absolute Gasteiger partial charge is 0.0932 e. The van der Waals surface area contributed by atoms with E-state index in [0.717, 1.165) is 27.1 Å². The molecule has 1 aromatic carbocycles. The summed E-state index contributed by atoms with van der Waals surface area (Å²) in [5.41, 5.74) is 8.21. The third-order valence-electron chi connectivity index (χ3n) is 2.66. The highest BCUT2D eigenvalue weighted by atomic mass is 35.5. The molecule has 1 atom stereocenters. The summed E-state index contributed by atoms with van der Waals surface area (Å²) >= 11 is 6.00.